The number of oxazole rings is 1. The molecule has 19 heavy (non-hydrogen) atoms. The molecule has 0 spiro atoms. The van der Waals surface area contributed by atoms with Gasteiger partial charge >= 0.3 is 0 Å². The topological polar surface area (TPSA) is 76.1 Å². The molecule has 0 aliphatic rings. The second-order valence-corrected chi connectivity index (χ2v) is 5.88. The van der Waals surface area contributed by atoms with Gasteiger partial charge in [-0.1, -0.05) is 6.07 Å². The van der Waals surface area contributed by atoms with Gasteiger partial charge in [0.05, 0.1) is 19.6 Å². The van der Waals surface area contributed by atoms with Crippen molar-refractivity contribution in [1.29, 1.82) is 5.26 Å². The Hall–Kier alpha value is -1.29. The van der Waals surface area contributed by atoms with Crippen LogP contribution in [0.2, 0.25) is 0 Å². The minimum absolute atomic E-state index is 0.326. The zero-order valence-electron chi connectivity index (χ0n) is 10.1. The van der Waals surface area contributed by atoms with Crippen LogP contribution in [-0.4, -0.2) is 16.3 Å². The summed E-state index contributed by atoms with van der Waals surface area (Å²) in [6, 6.07) is 5.73. The highest BCUT2D eigenvalue weighted by atomic mass is 36.0. The van der Waals surface area contributed by atoms with Crippen LogP contribution in [0.3, 0.4) is 0 Å². The van der Waals surface area contributed by atoms with Crippen molar-refractivity contribution in [3.05, 3.63) is 23.6 Å². The standard InChI is InChI=1S/C11H10N2O2.Cl2OS/c1-7-13-10-8(5-6-12)3-4-9(14-2)11(10)15-7;1-4(2)3/h3-4H,5H2,1-2H3;. The molecule has 102 valence electrons. The van der Waals surface area contributed by atoms with E-state index in [1.165, 1.54) is 0 Å². The van der Waals surface area contributed by atoms with Crippen molar-refractivity contribution in [3.8, 4) is 11.8 Å². The first-order chi connectivity index (χ1) is 8.99. The Morgan fingerprint density at radius 2 is 2.16 bits per heavy atom. The van der Waals surface area contributed by atoms with E-state index in [1.54, 1.807) is 20.1 Å². The molecule has 2 rings (SSSR count). The number of aromatic nitrogens is 1. The fraction of sp³-hybridized carbons (Fsp3) is 0.273. The maximum Gasteiger partial charge on any atom is 0.211 e. The predicted octanol–water partition coefficient (Wildman–Crippen LogP) is 3.25. The molecule has 0 N–H and O–H groups in total. The number of nitrogens with zero attached hydrogens (tertiary/aromatic N) is 2. The normalized spacial score (nSPS) is 9.89. The number of hydrogen-bond donors (Lipinski definition) is 0. The predicted molar refractivity (Wildman–Crippen MR) is 74.5 cm³/mol. The minimum atomic E-state index is -1.67. The molecule has 0 bridgehead atoms. The van der Waals surface area contributed by atoms with Crippen LogP contribution in [-0.2, 0) is 15.6 Å². The number of nitriles is 1. The van der Waals surface area contributed by atoms with Gasteiger partial charge in [0, 0.05) is 28.3 Å². The van der Waals surface area contributed by atoms with E-state index in [-0.39, 0.29) is 0 Å². The molecular weight excluding hydrogens is 311 g/mol. The van der Waals surface area contributed by atoms with Crippen molar-refractivity contribution in [3.63, 3.8) is 0 Å². The average molecular weight is 321 g/mol. The molecule has 2 aromatic rings. The second kappa shape index (κ2) is 7.34. The molecule has 1 aromatic heterocycles. The van der Waals surface area contributed by atoms with Crippen LogP contribution in [0.4, 0.5) is 0 Å². The first kappa shape index (κ1) is 15.8. The third-order valence-corrected chi connectivity index (χ3v) is 2.19. The Kier molecular flexibility index (Phi) is 6.09. The summed E-state index contributed by atoms with van der Waals surface area (Å²) in [5.41, 5.74) is 2.20. The molecule has 1 heterocycles. The molecule has 8 heteroatoms. The van der Waals surface area contributed by atoms with Gasteiger partial charge in [0.2, 0.25) is 9.23 Å². The Balaban J connectivity index is 0.000000399. The first-order valence-corrected chi connectivity index (χ1v) is 7.84. The summed E-state index contributed by atoms with van der Waals surface area (Å²) in [6.07, 6.45) is 0.326. The lowest BCUT2D eigenvalue weighted by atomic mass is 10.1. The maximum atomic E-state index is 9.09. The quantitative estimate of drug-likeness (QED) is 0.794. The number of ether oxygens (including phenoxy) is 1. The highest BCUT2D eigenvalue weighted by Crippen LogP contribution is 2.29. The van der Waals surface area contributed by atoms with Crippen molar-refractivity contribution in [1.82, 2.24) is 4.98 Å². The van der Waals surface area contributed by atoms with E-state index >= 15 is 0 Å². The molecule has 0 aliphatic carbocycles. The number of hydrogen-bond acceptors (Lipinski definition) is 5. The van der Waals surface area contributed by atoms with Gasteiger partial charge in [-0.25, -0.2) is 9.19 Å². The molecule has 0 saturated carbocycles. The van der Waals surface area contributed by atoms with Crippen LogP contribution in [0.1, 0.15) is 11.5 Å². The van der Waals surface area contributed by atoms with Gasteiger partial charge in [0.15, 0.2) is 17.2 Å². The number of aryl methyl sites for hydroxylation is 1. The lowest BCUT2D eigenvalue weighted by Gasteiger charge is -2.01. The molecule has 0 radical (unpaired) electrons. The number of rotatable bonds is 2. The van der Waals surface area contributed by atoms with Crippen LogP contribution in [0.5, 0.6) is 5.75 Å². The van der Waals surface area contributed by atoms with Crippen molar-refractivity contribution < 1.29 is 13.4 Å². The van der Waals surface area contributed by atoms with Gasteiger partial charge in [0.25, 0.3) is 0 Å². The lowest BCUT2D eigenvalue weighted by molar-refractivity contribution is 0.408. The van der Waals surface area contributed by atoms with Gasteiger partial charge < -0.3 is 9.15 Å². The number of halogens is 2. The van der Waals surface area contributed by atoms with E-state index in [9.17, 15) is 0 Å². The van der Waals surface area contributed by atoms with Crippen molar-refractivity contribution in [2.75, 3.05) is 7.11 Å². The minimum Gasteiger partial charge on any atom is -0.493 e. The highest BCUT2D eigenvalue weighted by Gasteiger charge is 2.12. The molecular formula is C11H10Cl2N2O3S. The van der Waals surface area contributed by atoms with E-state index < -0.39 is 9.23 Å². The van der Waals surface area contributed by atoms with Gasteiger partial charge in [-0.3, -0.25) is 0 Å². The molecule has 5 nitrogen and oxygen atoms in total. The summed E-state index contributed by atoms with van der Waals surface area (Å²) in [4.78, 5) is 4.24. The summed E-state index contributed by atoms with van der Waals surface area (Å²) in [6.45, 7) is 1.77. The molecule has 0 amide bonds. The van der Waals surface area contributed by atoms with E-state index in [0.29, 0.717) is 29.2 Å². The summed E-state index contributed by atoms with van der Waals surface area (Å²) >= 11 is 0. The molecule has 0 unspecified atom stereocenters. The fourth-order valence-corrected chi connectivity index (χ4v) is 1.53. The summed E-state index contributed by atoms with van der Waals surface area (Å²) < 4.78 is 19.7. The Morgan fingerprint density at radius 1 is 1.53 bits per heavy atom. The van der Waals surface area contributed by atoms with E-state index in [1.807, 2.05) is 6.07 Å². The summed E-state index contributed by atoms with van der Waals surface area (Å²) in [7, 11) is 8.94. The lowest BCUT2D eigenvalue weighted by Crippen LogP contribution is -1.88. The highest BCUT2D eigenvalue weighted by molar-refractivity contribution is 8.26. The van der Waals surface area contributed by atoms with Gasteiger partial charge in [-0.2, -0.15) is 5.26 Å². The molecule has 0 atom stereocenters. The number of fused-ring (bicyclic) bond motifs is 1. The average Bonchev–Trinajstić information content (AvgIpc) is 2.71. The van der Waals surface area contributed by atoms with Crippen molar-refractivity contribution in [2.24, 2.45) is 0 Å². The third kappa shape index (κ3) is 4.39. The first-order valence-electron chi connectivity index (χ1n) is 5.03. The van der Waals surface area contributed by atoms with Crippen LogP contribution in [0, 0.1) is 18.3 Å². The molecule has 1 aromatic carbocycles. The molecule has 0 aliphatic heterocycles. The SMILES string of the molecule is COc1ccc(CC#N)c2nc(C)oc12.O=S(Cl)Cl. The van der Waals surface area contributed by atoms with Gasteiger partial charge in [0.1, 0.15) is 5.52 Å². The van der Waals surface area contributed by atoms with Crippen LogP contribution in [0.15, 0.2) is 16.5 Å². The monoisotopic (exact) mass is 320 g/mol. The van der Waals surface area contributed by atoms with Gasteiger partial charge in [-0.05, 0) is 11.6 Å². The van der Waals surface area contributed by atoms with E-state index in [4.69, 9.17) is 18.6 Å². The van der Waals surface area contributed by atoms with Crippen molar-refractivity contribution >= 4 is 41.7 Å². The van der Waals surface area contributed by atoms with Gasteiger partial charge in [-0.15, -0.1) is 0 Å². The zero-order valence-corrected chi connectivity index (χ0v) is 12.5. The molecule has 0 fully saturated rings. The summed E-state index contributed by atoms with van der Waals surface area (Å²) in [5.74, 6) is 1.22. The Morgan fingerprint density at radius 3 is 2.68 bits per heavy atom. The fourth-order valence-electron chi connectivity index (χ4n) is 1.53. The Bertz CT molecular complexity index is 633. The van der Waals surface area contributed by atoms with Crippen LogP contribution < -0.4 is 4.74 Å². The third-order valence-electron chi connectivity index (χ3n) is 2.19. The van der Waals surface area contributed by atoms with E-state index in [0.717, 1.165) is 5.56 Å². The van der Waals surface area contributed by atoms with Crippen LogP contribution in [0.25, 0.3) is 11.1 Å². The number of benzene rings is 1. The maximum absolute atomic E-state index is 9.09. The van der Waals surface area contributed by atoms with Crippen LogP contribution >= 0.6 is 21.4 Å². The molecule has 0 saturated heterocycles. The van der Waals surface area contributed by atoms with E-state index in [2.05, 4.69) is 32.4 Å². The number of methoxy groups -OCH3 is 1. The largest absolute Gasteiger partial charge is 0.493 e. The summed E-state index contributed by atoms with van der Waals surface area (Å²) in [5, 5.41) is 8.67. The second-order valence-electron chi connectivity index (χ2n) is 3.36. The van der Waals surface area contributed by atoms with Crippen molar-refractivity contribution in [2.45, 2.75) is 13.3 Å². The smallest absolute Gasteiger partial charge is 0.211 e. The zero-order chi connectivity index (χ0) is 14.4. The Labute approximate surface area is 121 Å².